The molecule has 0 aromatic heterocycles. The fourth-order valence-electron chi connectivity index (χ4n) is 6.18. The van der Waals surface area contributed by atoms with E-state index in [-0.39, 0.29) is 11.4 Å². The topological polar surface area (TPSA) is 21.5 Å². The van der Waals surface area contributed by atoms with Crippen LogP contribution < -0.4 is 15.5 Å². The molecule has 19 heteroatoms. The third-order valence-electron chi connectivity index (χ3n) is 8.43. The lowest BCUT2D eigenvalue weighted by atomic mass is 9.23. The maximum Gasteiger partial charge on any atom is 0.517 e. The van der Waals surface area contributed by atoms with Crippen molar-refractivity contribution in [3.8, 4) is 0 Å². The minimum absolute atomic E-state index is 0.157. The fourth-order valence-corrected chi connectivity index (χ4v) is 6.18. The standard InChI is InChI=1S/C34H13BF15NO2/c1-12-16(15-19(36)25(42)31(48)26(43)20(15)37)35(17-21(38)27(44)32(49)28(45)22(17)39,18-23(40)29(46)33(50)30(47)24(18)41)53-34(52-12)51(13-8-4-2-5-9-13)14-10-6-3-7-11-14/h2-11,16H,1H2/t16-/m0/s1. The first-order valence-electron chi connectivity index (χ1n) is 14.5. The van der Waals surface area contributed by atoms with Gasteiger partial charge in [-0.2, -0.15) is 0 Å². The monoisotopic (exact) mass is 763 g/mol. The Morgan fingerprint density at radius 1 is 0.434 bits per heavy atom. The van der Waals surface area contributed by atoms with E-state index in [0.29, 0.717) is 4.58 Å². The van der Waals surface area contributed by atoms with Gasteiger partial charge in [-0.25, -0.2) is 65.9 Å². The Bertz CT molecular complexity index is 2190. The molecule has 0 bridgehead atoms. The van der Waals surface area contributed by atoms with Crippen LogP contribution in [0.15, 0.2) is 73.0 Å². The fraction of sp³-hybridized carbons (Fsp3) is 0.0294. The van der Waals surface area contributed by atoms with Gasteiger partial charge in [-0.15, -0.1) is 0 Å². The minimum atomic E-state index is -5.91. The predicted molar refractivity (Wildman–Crippen MR) is 157 cm³/mol. The van der Waals surface area contributed by atoms with Crippen LogP contribution in [0.3, 0.4) is 0 Å². The molecule has 6 rings (SSSR count). The quantitative estimate of drug-likeness (QED) is 0.0589. The summed E-state index contributed by atoms with van der Waals surface area (Å²) in [7, 11) is 0. The van der Waals surface area contributed by atoms with Crippen molar-refractivity contribution in [2.75, 3.05) is 0 Å². The van der Waals surface area contributed by atoms with Gasteiger partial charge in [0.15, 0.2) is 58.2 Å². The molecular formula is C34H13BF15NO2. The third kappa shape index (κ3) is 5.39. The zero-order valence-corrected chi connectivity index (χ0v) is 25.6. The lowest BCUT2D eigenvalue weighted by molar-refractivity contribution is 0.249. The van der Waals surface area contributed by atoms with Gasteiger partial charge in [0.2, 0.25) is 17.2 Å². The van der Waals surface area contributed by atoms with Gasteiger partial charge in [0.25, 0.3) is 6.35 Å². The number of rotatable bonds is 5. The first-order chi connectivity index (χ1) is 25.0. The molecule has 0 N–H and O–H groups in total. The van der Waals surface area contributed by atoms with E-state index in [9.17, 15) is 22.0 Å². The number of hydrogen-bond acceptors (Lipinski definition) is 2. The maximum atomic E-state index is 16.1. The van der Waals surface area contributed by atoms with E-state index in [1.54, 1.807) is 0 Å². The number of hydrogen-bond donors (Lipinski definition) is 0. The van der Waals surface area contributed by atoms with E-state index in [1.807, 2.05) is 0 Å². The van der Waals surface area contributed by atoms with Crippen LogP contribution in [-0.2, 0) is 9.39 Å². The Morgan fingerprint density at radius 2 is 0.736 bits per heavy atom. The Labute approximate surface area is 286 Å². The van der Waals surface area contributed by atoms with Gasteiger partial charge < -0.3 is 9.39 Å². The highest BCUT2D eigenvalue weighted by Gasteiger charge is 2.58. The number of allylic oxidation sites excluding steroid dienone is 1. The first kappa shape index (κ1) is 36.9. The van der Waals surface area contributed by atoms with Crippen molar-refractivity contribution in [3.05, 3.63) is 166 Å². The number of halogens is 15. The summed E-state index contributed by atoms with van der Waals surface area (Å²) in [6, 6.07) is 13.0. The highest BCUT2D eigenvalue weighted by molar-refractivity contribution is 7.00. The Kier molecular flexibility index (Phi) is 9.24. The van der Waals surface area contributed by atoms with E-state index in [4.69, 9.17) is 9.39 Å². The summed E-state index contributed by atoms with van der Waals surface area (Å²) in [5.74, 6) is -50.1. The smallest absolute Gasteiger partial charge is 0.517 e. The molecule has 5 aromatic carbocycles. The second kappa shape index (κ2) is 13.3. The van der Waals surface area contributed by atoms with E-state index >= 15 is 43.9 Å². The van der Waals surface area contributed by atoms with Crippen LogP contribution in [0.2, 0.25) is 0 Å². The predicted octanol–water partition coefficient (Wildman–Crippen LogP) is 8.61. The molecule has 0 spiro atoms. The van der Waals surface area contributed by atoms with Crippen molar-refractivity contribution in [2.24, 2.45) is 0 Å². The number of ether oxygens (including phenoxy) is 1. The second-order valence-corrected chi connectivity index (χ2v) is 11.2. The highest BCUT2D eigenvalue weighted by atomic mass is 19.2. The SMILES string of the molecule is C=C1OC(=[N+](c2ccccc2)c2ccccc2)O[B-](c2c(F)c(F)c(F)c(F)c2F)(c2c(F)c(F)c(F)c(F)c2F)[C@@H]1c1c(F)c(F)c(F)c(F)c1F. The van der Waals surface area contributed by atoms with Crippen molar-refractivity contribution < 1.29 is 75.2 Å². The van der Waals surface area contributed by atoms with Crippen molar-refractivity contribution in [3.63, 3.8) is 0 Å². The van der Waals surface area contributed by atoms with Gasteiger partial charge in [0.1, 0.15) is 23.3 Å². The van der Waals surface area contributed by atoms with Gasteiger partial charge in [-0.05, 0) is 5.82 Å². The first-order valence-corrected chi connectivity index (χ1v) is 14.5. The van der Waals surface area contributed by atoms with Gasteiger partial charge in [0.05, 0.1) is 5.76 Å². The minimum Gasteiger partial charge on any atom is -0.628 e. The number of benzene rings is 5. The van der Waals surface area contributed by atoms with Crippen molar-refractivity contribution in [1.29, 1.82) is 0 Å². The molecule has 1 aliphatic heterocycles. The van der Waals surface area contributed by atoms with E-state index in [2.05, 4.69) is 6.58 Å². The molecule has 0 aliphatic carbocycles. The third-order valence-corrected chi connectivity index (χ3v) is 8.43. The number of nitrogens with zero attached hydrogens (tertiary/aromatic N) is 1. The number of para-hydroxylation sites is 2. The van der Waals surface area contributed by atoms with Gasteiger partial charge in [-0.3, -0.25) is 0 Å². The summed E-state index contributed by atoms with van der Waals surface area (Å²) in [5, 5.41) is 0. The zero-order chi connectivity index (χ0) is 38.8. The zero-order valence-electron chi connectivity index (χ0n) is 25.6. The molecule has 274 valence electrons. The van der Waals surface area contributed by atoms with Crippen molar-refractivity contribution in [1.82, 2.24) is 4.58 Å². The normalized spacial score (nSPS) is 15.3. The summed E-state index contributed by atoms with van der Waals surface area (Å²) >= 11 is 0. The molecule has 1 fully saturated rings. The van der Waals surface area contributed by atoms with E-state index in [1.165, 1.54) is 60.7 Å². The Balaban J connectivity index is 1.95. The molecule has 0 amide bonds. The molecule has 1 saturated heterocycles. The van der Waals surface area contributed by atoms with Crippen molar-refractivity contribution in [2.45, 2.75) is 5.82 Å². The molecule has 1 aliphatic rings. The van der Waals surface area contributed by atoms with Crippen LogP contribution in [0.4, 0.5) is 77.2 Å². The largest absolute Gasteiger partial charge is 0.628 e. The molecule has 0 radical (unpaired) electrons. The summed E-state index contributed by atoms with van der Waals surface area (Å²) in [6.45, 7) is 3.23. The molecule has 1 heterocycles. The summed E-state index contributed by atoms with van der Waals surface area (Å²) in [4.78, 5) is 0. The van der Waals surface area contributed by atoms with Crippen LogP contribution in [-0.4, -0.2) is 12.4 Å². The van der Waals surface area contributed by atoms with Crippen LogP contribution in [0, 0.1) is 87.3 Å². The maximum absolute atomic E-state index is 16.1. The van der Waals surface area contributed by atoms with Crippen molar-refractivity contribution >= 4 is 34.7 Å². The lowest BCUT2D eigenvalue weighted by Crippen LogP contribution is -2.73. The Hall–Kier alpha value is -5.88. The molecule has 1 atom stereocenters. The Morgan fingerprint density at radius 3 is 1.08 bits per heavy atom. The van der Waals surface area contributed by atoms with Crippen LogP contribution in [0.1, 0.15) is 11.4 Å². The molecule has 0 unspecified atom stereocenters. The van der Waals surface area contributed by atoms with Gasteiger partial charge >= 0.3 is 6.08 Å². The van der Waals surface area contributed by atoms with Gasteiger partial charge in [0, 0.05) is 29.8 Å². The molecule has 3 nitrogen and oxygen atoms in total. The highest BCUT2D eigenvalue weighted by Crippen LogP contribution is 2.45. The average molecular weight is 763 g/mol. The summed E-state index contributed by atoms with van der Waals surface area (Å²) in [5.41, 5.74) is -8.08. The second-order valence-electron chi connectivity index (χ2n) is 11.2. The van der Waals surface area contributed by atoms with E-state index in [0.717, 1.165) is 0 Å². The van der Waals surface area contributed by atoms with Crippen LogP contribution in [0.5, 0.6) is 0 Å². The lowest BCUT2D eigenvalue weighted by Gasteiger charge is -2.51. The molecule has 5 aromatic rings. The van der Waals surface area contributed by atoms with Crippen LogP contribution in [0.25, 0.3) is 0 Å². The van der Waals surface area contributed by atoms with Gasteiger partial charge in [-0.1, -0.05) is 58.5 Å². The van der Waals surface area contributed by atoms with Crippen LogP contribution >= 0.6 is 0 Å². The molecule has 53 heavy (non-hydrogen) atoms. The molecule has 0 saturated carbocycles. The average Bonchev–Trinajstić information content (AvgIpc) is 3.15. The van der Waals surface area contributed by atoms with E-state index < -0.39 is 128 Å². The summed E-state index contributed by atoms with van der Waals surface area (Å²) in [6.07, 6.45) is -7.34. The molecular weight excluding hydrogens is 750 g/mol. The summed E-state index contributed by atoms with van der Waals surface area (Å²) < 4.78 is 240.